The van der Waals surface area contributed by atoms with E-state index >= 15 is 0 Å². The number of aliphatic hydroxyl groups is 2. The molecule has 115 heavy (non-hydrogen) atoms. The highest BCUT2D eigenvalue weighted by atomic mass is 31.2. The predicted molar refractivity (Wildman–Crippen MR) is 482 cm³/mol. The molecule has 0 fully saturated rings. The zero-order chi connectivity index (χ0) is 83.6. The number of esters is 3. The third kappa shape index (κ3) is 89.8. The van der Waals surface area contributed by atoms with Crippen LogP contribution in [-0.4, -0.2) is 95.9 Å². The Kier molecular flexibility index (Phi) is 84.7. The number of carbonyl (C=O) groups is 3. The average Bonchev–Trinajstić information content (AvgIpc) is 0.902. The van der Waals surface area contributed by atoms with E-state index in [0.717, 1.165) is 154 Å². The van der Waals surface area contributed by atoms with Crippen molar-refractivity contribution in [3.05, 3.63) is 158 Å². The van der Waals surface area contributed by atoms with E-state index in [0.29, 0.717) is 19.3 Å². The van der Waals surface area contributed by atoms with Crippen molar-refractivity contribution < 1.29 is 75.8 Å². The fraction of sp³-hybridized carbons (Fsp3) is 0.701. The molecule has 0 radical (unpaired) electrons. The van der Waals surface area contributed by atoms with Gasteiger partial charge in [0.1, 0.15) is 25.4 Å². The van der Waals surface area contributed by atoms with Crippen LogP contribution in [0.25, 0.3) is 0 Å². The fourth-order valence-electron chi connectivity index (χ4n) is 12.3. The van der Waals surface area contributed by atoms with Crippen molar-refractivity contribution in [3.63, 3.8) is 0 Å². The van der Waals surface area contributed by atoms with Gasteiger partial charge in [-0.2, -0.15) is 0 Å². The Bertz CT molecular complexity index is 2720. The molecule has 0 spiro atoms. The second-order valence-electron chi connectivity index (χ2n) is 30.3. The summed E-state index contributed by atoms with van der Waals surface area (Å²) in [4.78, 5) is 58.9. The number of hydrogen-bond acceptors (Lipinski definition) is 14. The van der Waals surface area contributed by atoms with Crippen LogP contribution in [0.4, 0.5) is 0 Å². The fourth-order valence-corrected chi connectivity index (χ4v) is 13.9. The molecule has 0 saturated heterocycles. The zero-order valence-electron chi connectivity index (χ0n) is 72.7. The molecule has 0 saturated carbocycles. The van der Waals surface area contributed by atoms with Gasteiger partial charge in [0.2, 0.25) is 0 Å². The van der Waals surface area contributed by atoms with Crippen LogP contribution in [0.15, 0.2) is 158 Å². The Labute approximate surface area is 701 Å². The number of allylic oxidation sites excluding steroid dienone is 26. The molecule has 18 heteroatoms. The number of rotatable bonds is 86. The highest BCUT2D eigenvalue weighted by molar-refractivity contribution is 7.47. The number of phosphoric ester groups is 2. The summed E-state index contributed by atoms with van der Waals surface area (Å²) in [5, 5.41) is 20.7. The summed E-state index contributed by atoms with van der Waals surface area (Å²) in [5.41, 5.74) is 0. The first-order chi connectivity index (χ1) is 56.2. The smallest absolute Gasteiger partial charge is 0.463 e. The van der Waals surface area contributed by atoms with E-state index in [1.807, 2.05) is 0 Å². The van der Waals surface area contributed by atoms with Gasteiger partial charge in [-0.05, 0) is 148 Å². The Morgan fingerprint density at radius 3 is 0.730 bits per heavy atom. The number of phosphoric acid groups is 2. The van der Waals surface area contributed by atoms with E-state index in [1.165, 1.54) is 167 Å². The van der Waals surface area contributed by atoms with Gasteiger partial charge in [0.25, 0.3) is 0 Å². The second-order valence-corrected chi connectivity index (χ2v) is 33.2. The van der Waals surface area contributed by atoms with Crippen LogP contribution in [0.3, 0.4) is 0 Å². The molecule has 0 aromatic carbocycles. The lowest BCUT2D eigenvalue weighted by molar-refractivity contribution is -0.161. The normalized spacial score (nSPS) is 14.5. The summed E-state index contributed by atoms with van der Waals surface area (Å²) in [6.07, 6.45) is 113. The first kappa shape index (κ1) is 110. The number of hydrogen-bond donors (Lipinski definition) is 4. The maximum absolute atomic E-state index is 13.0. The van der Waals surface area contributed by atoms with Gasteiger partial charge in [0.05, 0.1) is 26.4 Å². The van der Waals surface area contributed by atoms with Crippen molar-refractivity contribution in [1.82, 2.24) is 0 Å². The molecule has 0 aromatic rings. The molecular weight excluding hydrogens is 1480 g/mol. The lowest BCUT2D eigenvalue weighted by atomic mass is 10.0. The first-order valence-electron chi connectivity index (χ1n) is 45.8. The molecule has 16 nitrogen and oxygen atoms in total. The van der Waals surface area contributed by atoms with Crippen LogP contribution in [0.5, 0.6) is 0 Å². The van der Waals surface area contributed by atoms with Crippen molar-refractivity contribution in [2.45, 2.75) is 399 Å². The van der Waals surface area contributed by atoms with Crippen LogP contribution >= 0.6 is 15.6 Å². The number of unbranched alkanes of at least 4 members (excludes halogenated alkanes) is 37. The van der Waals surface area contributed by atoms with E-state index in [1.54, 1.807) is 0 Å². The summed E-state index contributed by atoms with van der Waals surface area (Å²) < 4.78 is 61.4. The molecule has 0 bridgehead atoms. The van der Waals surface area contributed by atoms with Gasteiger partial charge >= 0.3 is 33.6 Å². The van der Waals surface area contributed by atoms with E-state index < -0.39 is 91.5 Å². The van der Waals surface area contributed by atoms with Crippen molar-refractivity contribution in [3.8, 4) is 0 Å². The Morgan fingerprint density at radius 2 is 0.461 bits per heavy atom. The number of aliphatic hydroxyl groups excluding tert-OH is 2. The molecule has 0 aliphatic carbocycles. The van der Waals surface area contributed by atoms with Crippen LogP contribution in [-0.2, 0) is 55.8 Å². The maximum Gasteiger partial charge on any atom is 0.472 e. The minimum atomic E-state index is -4.95. The number of ether oxygens (including phenoxy) is 3. The van der Waals surface area contributed by atoms with Gasteiger partial charge in [0, 0.05) is 19.3 Å². The molecule has 0 aliphatic rings. The molecule has 5 unspecified atom stereocenters. The monoisotopic (exact) mass is 1650 g/mol. The van der Waals surface area contributed by atoms with Gasteiger partial charge in [0.15, 0.2) is 6.10 Å². The molecule has 0 rings (SSSR count). The summed E-state index contributed by atoms with van der Waals surface area (Å²) in [6.45, 7) is 2.44. The standard InChI is InChI=1S/C97H166O16P2/c1-4-7-10-13-16-19-22-25-28-31-33-35-37-39-41-43-44-45-46-48-50-51-53-55-57-60-62-65-68-71-74-77-80-83-95(100)107-86-92(98)87-109-114(103,104)110-88-93(99)89-111-115(105,106)112-91-94(113-97(102)85-82-79-76-73-70-67-64-59-30-27-24-21-18-15-12-9-6-3)90-108-96(101)84-81-78-75-72-69-66-63-61-58-56-54-52-49-47-42-40-38-36-34-32-29-26-23-20-17-14-11-8-5-2/h7,9-10,12,16-21,25-30,33-36,39-42,64,67,92-94,98-99H,4-6,8,11,13-15,22-24,31-32,37-38,43-63,65-66,68-91H2,1-3H3,(H,103,104)(H,105,106)/b10-7-,12-9-,19-16-,20-17-,21-18-,28-25-,29-26-,30-27-,35-33-,36-34-,41-39-,42-40-,67-64-. The third-order valence-electron chi connectivity index (χ3n) is 19.2. The summed E-state index contributed by atoms with van der Waals surface area (Å²) in [5.74, 6) is -1.60. The van der Waals surface area contributed by atoms with E-state index in [2.05, 4.69) is 179 Å². The van der Waals surface area contributed by atoms with Crippen LogP contribution in [0, 0.1) is 0 Å². The average molecular weight is 1650 g/mol. The minimum Gasteiger partial charge on any atom is -0.463 e. The lowest BCUT2D eigenvalue weighted by Gasteiger charge is -2.21. The van der Waals surface area contributed by atoms with E-state index in [9.17, 15) is 43.5 Å². The van der Waals surface area contributed by atoms with Crippen LogP contribution < -0.4 is 0 Å². The molecule has 4 N–H and O–H groups in total. The SMILES string of the molecule is CC/C=C\C/C=C\C/C=C\C/C=C\C/C=C\CCCCCCCCCCCCCCCCCCCC(=O)OCC(O)COP(=O)(O)OCC(O)COP(=O)(O)OCC(COC(=O)CCCCCCCCCCCCCCC/C=C\C/C=C\C/C=C\C/C=C\CCCCC)OC(=O)CCCCCC/C=C\C/C=C\C/C=C\C/C=C\CC. The van der Waals surface area contributed by atoms with Gasteiger partial charge in [-0.3, -0.25) is 32.5 Å². The molecule has 5 atom stereocenters. The van der Waals surface area contributed by atoms with Crippen molar-refractivity contribution in [2.24, 2.45) is 0 Å². The molecule has 0 aromatic heterocycles. The topological polar surface area (TPSA) is 231 Å². The Morgan fingerprint density at radius 1 is 0.252 bits per heavy atom. The molecule has 660 valence electrons. The van der Waals surface area contributed by atoms with E-state index in [-0.39, 0.29) is 19.3 Å². The zero-order valence-corrected chi connectivity index (χ0v) is 74.5. The Hall–Kier alpha value is -4.83. The Balaban J connectivity index is 4.50. The lowest BCUT2D eigenvalue weighted by Crippen LogP contribution is -2.30. The summed E-state index contributed by atoms with van der Waals surface area (Å²) in [7, 11) is -9.81. The van der Waals surface area contributed by atoms with Crippen molar-refractivity contribution in [1.29, 1.82) is 0 Å². The van der Waals surface area contributed by atoms with Gasteiger partial charge in [-0.25, -0.2) is 9.13 Å². The van der Waals surface area contributed by atoms with Gasteiger partial charge < -0.3 is 34.2 Å². The molecule has 0 heterocycles. The predicted octanol–water partition coefficient (Wildman–Crippen LogP) is 28.1. The highest BCUT2D eigenvalue weighted by Crippen LogP contribution is 2.45. The highest BCUT2D eigenvalue weighted by Gasteiger charge is 2.29. The van der Waals surface area contributed by atoms with Gasteiger partial charge in [-0.1, -0.05) is 371 Å². The summed E-state index contributed by atoms with van der Waals surface area (Å²) in [6, 6.07) is 0. The molecule has 0 amide bonds. The largest absolute Gasteiger partial charge is 0.472 e. The molecule has 0 aliphatic heterocycles. The minimum absolute atomic E-state index is 0.0737. The first-order valence-corrected chi connectivity index (χ1v) is 48.8. The molecular formula is C97H166O16P2. The van der Waals surface area contributed by atoms with Crippen molar-refractivity contribution >= 4 is 33.6 Å². The van der Waals surface area contributed by atoms with Crippen LogP contribution in [0.1, 0.15) is 380 Å². The third-order valence-corrected chi connectivity index (χ3v) is 21.1. The maximum atomic E-state index is 13.0. The van der Waals surface area contributed by atoms with Crippen molar-refractivity contribution in [2.75, 3.05) is 39.6 Å². The van der Waals surface area contributed by atoms with Gasteiger partial charge in [-0.15, -0.1) is 0 Å². The second kappa shape index (κ2) is 88.5. The van der Waals surface area contributed by atoms with Crippen LogP contribution in [0.2, 0.25) is 0 Å². The quantitative estimate of drug-likeness (QED) is 0.0146. The number of carbonyl (C=O) groups excluding carboxylic acids is 3. The summed E-state index contributed by atoms with van der Waals surface area (Å²) >= 11 is 0. The van der Waals surface area contributed by atoms with E-state index in [4.69, 9.17) is 32.3 Å².